The first-order valence-electron chi connectivity index (χ1n) is 3.84. The summed E-state index contributed by atoms with van der Waals surface area (Å²) in [6.45, 7) is 2.03. The van der Waals surface area contributed by atoms with Gasteiger partial charge in [-0.05, 0) is 6.42 Å². The van der Waals surface area contributed by atoms with Gasteiger partial charge in [-0.2, -0.15) is 0 Å². The highest BCUT2D eigenvalue weighted by molar-refractivity contribution is 5.77. The highest BCUT2D eigenvalue weighted by Gasteiger charge is 2.34. The van der Waals surface area contributed by atoms with Crippen LogP contribution in [-0.2, 0) is 0 Å². The zero-order valence-electron chi connectivity index (χ0n) is 6.87. The van der Waals surface area contributed by atoms with Crippen molar-refractivity contribution in [2.45, 2.75) is 25.4 Å². The molecule has 2 amide bonds. The Balaban J connectivity index is 2.64. The molecule has 2 atom stereocenters. The number of nitrogens with one attached hydrogen (secondary N) is 1. The van der Waals surface area contributed by atoms with Gasteiger partial charge in [0.05, 0.1) is 18.7 Å². The number of urea groups is 1. The van der Waals surface area contributed by atoms with Gasteiger partial charge in [-0.1, -0.05) is 6.92 Å². The van der Waals surface area contributed by atoms with Crippen molar-refractivity contribution in [1.82, 2.24) is 10.2 Å². The SMILES string of the molecule is CCC1C(CO)NC(=O)N1C. The molecule has 0 spiro atoms. The van der Waals surface area contributed by atoms with Crippen molar-refractivity contribution in [3.05, 3.63) is 0 Å². The maximum Gasteiger partial charge on any atom is 0.317 e. The average molecular weight is 158 g/mol. The van der Waals surface area contributed by atoms with Crippen molar-refractivity contribution in [2.24, 2.45) is 0 Å². The summed E-state index contributed by atoms with van der Waals surface area (Å²) in [5.74, 6) is 0. The summed E-state index contributed by atoms with van der Waals surface area (Å²) < 4.78 is 0. The van der Waals surface area contributed by atoms with Crippen molar-refractivity contribution in [3.63, 3.8) is 0 Å². The molecule has 1 fully saturated rings. The van der Waals surface area contributed by atoms with Crippen LogP contribution >= 0.6 is 0 Å². The topological polar surface area (TPSA) is 52.6 Å². The molecule has 0 aromatic rings. The summed E-state index contributed by atoms with van der Waals surface area (Å²) in [6.07, 6.45) is 0.875. The Bertz CT molecular complexity index is 161. The second kappa shape index (κ2) is 3.09. The van der Waals surface area contributed by atoms with Gasteiger partial charge in [0.1, 0.15) is 0 Å². The maximum atomic E-state index is 11.0. The van der Waals surface area contributed by atoms with E-state index in [0.29, 0.717) is 0 Å². The standard InChI is InChI=1S/C7H14N2O2/c1-3-6-5(4-10)8-7(11)9(6)2/h5-6,10H,3-4H2,1-2H3,(H,8,11). The average Bonchev–Trinajstić information content (AvgIpc) is 2.28. The van der Waals surface area contributed by atoms with Crippen molar-refractivity contribution in [3.8, 4) is 0 Å². The predicted octanol–water partition coefficient (Wildman–Crippen LogP) is -0.219. The van der Waals surface area contributed by atoms with Crippen LogP contribution in [0.25, 0.3) is 0 Å². The maximum absolute atomic E-state index is 11.0. The third-order valence-electron chi connectivity index (χ3n) is 2.21. The Morgan fingerprint density at radius 1 is 1.73 bits per heavy atom. The molecule has 0 aliphatic carbocycles. The van der Waals surface area contributed by atoms with Crippen LogP contribution in [0.15, 0.2) is 0 Å². The Hall–Kier alpha value is -0.770. The molecule has 4 nitrogen and oxygen atoms in total. The van der Waals surface area contributed by atoms with Crippen LogP contribution in [0.2, 0.25) is 0 Å². The third kappa shape index (κ3) is 1.30. The minimum absolute atomic E-state index is 0.0224. The molecule has 4 heteroatoms. The Morgan fingerprint density at radius 3 is 2.73 bits per heavy atom. The number of carbonyl (C=O) groups excluding carboxylic acids is 1. The van der Waals surface area contributed by atoms with Crippen molar-refractivity contribution in [2.75, 3.05) is 13.7 Å². The first kappa shape index (κ1) is 8.33. The van der Waals surface area contributed by atoms with Gasteiger partial charge < -0.3 is 15.3 Å². The number of likely N-dealkylation sites (N-methyl/N-ethyl adjacent to an activating group) is 1. The van der Waals surface area contributed by atoms with E-state index >= 15 is 0 Å². The molecule has 1 rings (SSSR count). The monoisotopic (exact) mass is 158 g/mol. The molecular formula is C7H14N2O2. The molecule has 0 aromatic heterocycles. The highest BCUT2D eigenvalue weighted by atomic mass is 16.3. The molecule has 0 aromatic carbocycles. The fraction of sp³-hybridized carbons (Fsp3) is 0.857. The third-order valence-corrected chi connectivity index (χ3v) is 2.21. The van der Waals surface area contributed by atoms with Crippen LogP contribution in [0.1, 0.15) is 13.3 Å². The van der Waals surface area contributed by atoms with Gasteiger partial charge in [0.15, 0.2) is 0 Å². The van der Waals surface area contributed by atoms with Gasteiger partial charge in [-0.3, -0.25) is 0 Å². The Labute approximate surface area is 66.2 Å². The normalized spacial score (nSPS) is 30.8. The Morgan fingerprint density at radius 2 is 2.36 bits per heavy atom. The van der Waals surface area contributed by atoms with E-state index in [4.69, 9.17) is 5.11 Å². The number of nitrogens with zero attached hydrogens (tertiary/aromatic N) is 1. The highest BCUT2D eigenvalue weighted by Crippen LogP contribution is 2.13. The Kier molecular flexibility index (Phi) is 2.34. The fourth-order valence-corrected chi connectivity index (χ4v) is 1.50. The van der Waals surface area contributed by atoms with Crippen LogP contribution < -0.4 is 5.32 Å². The van der Waals surface area contributed by atoms with Crippen molar-refractivity contribution in [1.29, 1.82) is 0 Å². The van der Waals surface area contributed by atoms with E-state index in [1.165, 1.54) is 0 Å². The van der Waals surface area contributed by atoms with Crippen LogP contribution in [0.5, 0.6) is 0 Å². The van der Waals surface area contributed by atoms with Gasteiger partial charge in [0, 0.05) is 7.05 Å². The van der Waals surface area contributed by atoms with E-state index in [9.17, 15) is 4.79 Å². The van der Waals surface area contributed by atoms with Gasteiger partial charge in [-0.15, -0.1) is 0 Å². The summed E-state index contributed by atoms with van der Waals surface area (Å²) >= 11 is 0. The fourth-order valence-electron chi connectivity index (χ4n) is 1.50. The smallest absolute Gasteiger partial charge is 0.317 e. The van der Waals surface area contributed by atoms with Gasteiger partial charge in [0.25, 0.3) is 0 Å². The molecule has 64 valence electrons. The van der Waals surface area contributed by atoms with E-state index in [-0.39, 0.29) is 24.7 Å². The predicted molar refractivity (Wildman–Crippen MR) is 41.2 cm³/mol. The zero-order chi connectivity index (χ0) is 8.43. The molecule has 1 aliphatic heterocycles. The molecule has 1 aliphatic rings. The number of hydrogen-bond acceptors (Lipinski definition) is 2. The number of aliphatic hydroxyl groups excluding tert-OH is 1. The lowest BCUT2D eigenvalue weighted by Gasteiger charge is -2.19. The summed E-state index contributed by atoms with van der Waals surface area (Å²) in [5.41, 5.74) is 0. The van der Waals surface area contributed by atoms with Crippen LogP contribution in [-0.4, -0.2) is 41.8 Å². The molecule has 1 saturated heterocycles. The summed E-state index contributed by atoms with van der Waals surface area (Å²) in [5, 5.41) is 11.6. The molecule has 0 saturated carbocycles. The minimum atomic E-state index is -0.0871. The summed E-state index contributed by atoms with van der Waals surface area (Å²) in [6, 6.07) is -0.0269. The zero-order valence-corrected chi connectivity index (χ0v) is 6.87. The van der Waals surface area contributed by atoms with E-state index in [0.717, 1.165) is 6.42 Å². The molecule has 0 radical (unpaired) electrons. The van der Waals surface area contributed by atoms with Gasteiger partial charge in [-0.25, -0.2) is 4.79 Å². The van der Waals surface area contributed by atoms with E-state index in [1.807, 2.05) is 6.92 Å². The molecule has 2 N–H and O–H groups in total. The number of aliphatic hydroxyl groups is 1. The van der Waals surface area contributed by atoms with Crippen LogP contribution in [0.3, 0.4) is 0 Å². The number of amides is 2. The van der Waals surface area contributed by atoms with Crippen LogP contribution in [0.4, 0.5) is 4.79 Å². The second-order valence-corrected chi connectivity index (χ2v) is 2.83. The molecule has 0 bridgehead atoms. The quantitative estimate of drug-likeness (QED) is 0.583. The number of rotatable bonds is 2. The van der Waals surface area contributed by atoms with Gasteiger partial charge in [0.2, 0.25) is 0 Å². The lowest BCUT2D eigenvalue weighted by molar-refractivity contribution is 0.204. The van der Waals surface area contributed by atoms with Crippen molar-refractivity contribution >= 4 is 6.03 Å². The van der Waals surface area contributed by atoms with Crippen LogP contribution in [0, 0.1) is 0 Å². The minimum Gasteiger partial charge on any atom is -0.394 e. The first-order valence-corrected chi connectivity index (χ1v) is 3.84. The van der Waals surface area contributed by atoms with E-state index in [2.05, 4.69) is 5.32 Å². The number of carbonyl (C=O) groups is 1. The molecular weight excluding hydrogens is 144 g/mol. The molecule has 2 unspecified atom stereocenters. The summed E-state index contributed by atoms with van der Waals surface area (Å²) in [7, 11) is 1.75. The second-order valence-electron chi connectivity index (χ2n) is 2.83. The van der Waals surface area contributed by atoms with E-state index < -0.39 is 0 Å². The largest absolute Gasteiger partial charge is 0.394 e. The lowest BCUT2D eigenvalue weighted by Crippen LogP contribution is -2.36. The lowest BCUT2D eigenvalue weighted by atomic mass is 10.1. The van der Waals surface area contributed by atoms with Crippen molar-refractivity contribution < 1.29 is 9.90 Å². The van der Waals surface area contributed by atoms with Gasteiger partial charge >= 0.3 is 6.03 Å². The van der Waals surface area contributed by atoms with E-state index in [1.54, 1.807) is 11.9 Å². The molecule has 11 heavy (non-hydrogen) atoms. The number of hydrogen-bond donors (Lipinski definition) is 2. The summed E-state index contributed by atoms with van der Waals surface area (Å²) in [4.78, 5) is 12.7. The first-order chi connectivity index (χ1) is 5.20. The molecule has 1 heterocycles.